The zero-order valence-corrected chi connectivity index (χ0v) is 20.0. The second-order valence-corrected chi connectivity index (χ2v) is 10.2. The van der Waals surface area contributed by atoms with Gasteiger partial charge in [0.2, 0.25) is 21.1 Å². The van der Waals surface area contributed by atoms with Crippen molar-refractivity contribution in [2.24, 2.45) is 0 Å². The van der Waals surface area contributed by atoms with Gasteiger partial charge in [-0.3, -0.25) is 14.4 Å². The Labute approximate surface area is 198 Å². The van der Waals surface area contributed by atoms with Crippen molar-refractivity contribution >= 4 is 39.2 Å². The average molecular weight is 492 g/mol. The first kappa shape index (κ1) is 24.7. The summed E-state index contributed by atoms with van der Waals surface area (Å²) in [7, 11) is -4.24. The van der Waals surface area contributed by atoms with E-state index in [1.165, 1.54) is 41.3 Å². The van der Waals surface area contributed by atoms with Gasteiger partial charge in [-0.25, -0.2) is 8.42 Å². The summed E-state index contributed by atoms with van der Waals surface area (Å²) in [5.74, 6) is -1.47. The SMILES string of the molecule is CCC(=O)N1CCN(C(=O)[C@@H](NC(=O)c2ccc(Cl)cc2)S(=O)(=O)c2ccc(C)cc2)CC1. The van der Waals surface area contributed by atoms with Crippen LogP contribution in [0.1, 0.15) is 29.3 Å². The lowest BCUT2D eigenvalue weighted by Crippen LogP contribution is -2.57. The summed E-state index contributed by atoms with van der Waals surface area (Å²) < 4.78 is 26.8. The van der Waals surface area contributed by atoms with Crippen LogP contribution in [-0.4, -0.2) is 67.5 Å². The molecular formula is C23H26ClN3O5S. The number of piperazine rings is 1. The van der Waals surface area contributed by atoms with E-state index < -0.39 is 27.0 Å². The minimum Gasteiger partial charge on any atom is -0.339 e. The third kappa shape index (κ3) is 5.72. The van der Waals surface area contributed by atoms with E-state index in [0.717, 1.165) is 5.56 Å². The van der Waals surface area contributed by atoms with Crippen molar-refractivity contribution in [2.45, 2.75) is 30.5 Å². The molecule has 1 atom stereocenters. The van der Waals surface area contributed by atoms with Gasteiger partial charge in [0.25, 0.3) is 11.8 Å². The van der Waals surface area contributed by atoms with E-state index in [2.05, 4.69) is 5.32 Å². The minimum absolute atomic E-state index is 0.0260. The number of hydrogen-bond donors (Lipinski definition) is 1. The number of aryl methyl sites for hydroxylation is 1. The van der Waals surface area contributed by atoms with Gasteiger partial charge < -0.3 is 15.1 Å². The molecule has 0 radical (unpaired) electrons. The van der Waals surface area contributed by atoms with Crippen molar-refractivity contribution in [2.75, 3.05) is 26.2 Å². The summed E-state index contributed by atoms with van der Waals surface area (Å²) in [6.07, 6.45) is 0.357. The second kappa shape index (κ2) is 10.4. The summed E-state index contributed by atoms with van der Waals surface area (Å²) in [6.45, 7) is 4.55. The maximum Gasteiger partial charge on any atom is 0.261 e. The number of nitrogens with zero attached hydrogens (tertiary/aromatic N) is 2. The molecule has 2 aromatic carbocycles. The topological polar surface area (TPSA) is 104 Å². The largest absolute Gasteiger partial charge is 0.339 e. The van der Waals surface area contributed by atoms with Crippen LogP contribution < -0.4 is 5.32 Å². The van der Waals surface area contributed by atoms with Crippen molar-refractivity contribution in [1.29, 1.82) is 0 Å². The highest BCUT2D eigenvalue weighted by Crippen LogP contribution is 2.19. The molecule has 1 heterocycles. The lowest BCUT2D eigenvalue weighted by Gasteiger charge is -2.36. The Bertz CT molecular complexity index is 1130. The first-order valence-electron chi connectivity index (χ1n) is 10.6. The van der Waals surface area contributed by atoms with Crippen LogP contribution in [0.5, 0.6) is 0 Å². The Balaban J connectivity index is 1.88. The standard InChI is InChI=1S/C23H26ClN3O5S/c1-3-20(28)26-12-14-27(15-13-26)23(30)22(25-21(29)17-6-8-18(24)9-7-17)33(31,32)19-10-4-16(2)5-11-19/h4-11,22H,3,12-15H2,1-2H3,(H,25,29)/t22-/m0/s1. The van der Waals surface area contributed by atoms with E-state index >= 15 is 0 Å². The molecule has 3 rings (SSSR count). The van der Waals surface area contributed by atoms with Crippen molar-refractivity contribution in [3.63, 3.8) is 0 Å². The summed E-state index contributed by atoms with van der Waals surface area (Å²) in [5.41, 5.74) is 1.04. The van der Waals surface area contributed by atoms with Crippen LogP contribution in [0.25, 0.3) is 0 Å². The van der Waals surface area contributed by atoms with Gasteiger partial charge in [0.15, 0.2) is 0 Å². The van der Waals surface area contributed by atoms with Crippen molar-refractivity contribution in [1.82, 2.24) is 15.1 Å². The maximum atomic E-state index is 13.4. The fourth-order valence-electron chi connectivity index (χ4n) is 3.51. The number of rotatable bonds is 6. The molecule has 0 aliphatic carbocycles. The van der Waals surface area contributed by atoms with Gasteiger partial charge in [-0.05, 0) is 43.3 Å². The highest BCUT2D eigenvalue weighted by molar-refractivity contribution is 7.92. The number of carbonyl (C=O) groups excluding carboxylic acids is 3. The fourth-order valence-corrected chi connectivity index (χ4v) is 5.10. The van der Waals surface area contributed by atoms with Gasteiger partial charge in [-0.1, -0.05) is 36.2 Å². The number of hydrogen-bond acceptors (Lipinski definition) is 5. The predicted molar refractivity (Wildman–Crippen MR) is 125 cm³/mol. The molecule has 0 spiro atoms. The Morgan fingerprint density at radius 3 is 2.03 bits per heavy atom. The molecule has 0 unspecified atom stereocenters. The average Bonchev–Trinajstić information content (AvgIpc) is 2.82. The number of sulfone groups is 1. The molecule has 0 bridgehead atoms. The minimum atomic E-state index is -4.24. The maximum absolute atomic E-state index is 13.4. The molecule has 2 aromatic rings. The third-order valence-corrected chi connectivity index (χ3v) is 7.62. The van der Waals surface area contributed by atoms with Crippen LogP contribution in [-0.2, 0) is 19.4 Å². The van der Waals surface area contributed by atoms with Crippen LogP contribution in [0.15, 0.2) is 53.4 Å². The monoisotopic (exact) mass is 491 g/mol. The number of carbonyl (C=O) groups is 3. The van der Waals surface area contributed by atoms with Gasteiger partial charge in [0, 0.05) is 43.2 Å². The smallest absolute Gasteiger partial charge is 0.261 e. The number of benzene rings is 2. The second-order valence-electron chi connectivity index (χ2n) is 7.78. The fraction of sp³-hybridized carbons (Fsp3) is 0.348. The van der Waals surface area contributed by atoms with E-state index in [-0.39, 0.29) is 29.5 Å². The van der Waals surface area contributed by atoms with E-state index in [1.807, 2.05) is 6.92 Å². The number of halogens is 1. The van der Waals surface area contributed by atoms with Crippen LogP contribution >= 0.6 is 11.6 Å². The molecule has 8 nitrogen and oxygen atoms in total. The van der Waals surface area contributed by atoms with E-state index in [0.29, 0.717) is 24.5 Å². The van der Waals surface area contributed by atoms with Gasteiger partial charge in [0.05, 0.1) is 4.90 Å². The molecule has 10 heteroatoms. The molecule has 1 aliphatic heterocycles. The molecule has 176 valence electrons. The van der Waals surface area contributed by atoms with Crippen LogP contribution in [0.3, 0.4) is 0 Å². The Hall–Kier alpha value is -2.91. The van der Waals surface area contributed by atoms with Gasteiger partial charge in [-0.15, -0.1) is 0 Å². The van der Waals surface area contributed by atoms with Gasteiger partial charge >= 0.3 is 0 Å². The van der Waals surface area contributed by atoms with E-state index in [4.69, 9.17) is 11.6 Å². The Kier molecular flexibility index (Phi) is 7.76. The first-order chi connectivity index (χ1) is 15.6. The highest BCUT2D eigenvalue weighted by Gasteiger charge is 2.39. The van der Waals surface area contributed by atoms with Crippen LogP contribution in [0, 0.1) is 6.92 Å². The predicted octanol–water partition coefficient (Wildman–Crippen LogP) is 2.26. The normalized spacial score (nSPS) is 15.1. The number of nitrogens with one attached hydrogen (secondary N) is 1. The highest BCUT2D eigenvalue weighted by atomic mass is 35.5. The van der Waals surface area contributed by atoms with Gasteiger partial charge in [0.1, 0.15) is 0 Å². The molecule has 1 fully saturated rings. The summed E-state index contributed by atoms with van der Waals surface area (Å²) >= 11 is 5.87. The molecule has 0 saturated carbocycles. The summed E-state index contributed by atoms with van der Waals surface area (Å²) in [5, 5.41) is 1.02. The molecule has 1 saturated heterocycles. The molecule has 3 amide bonds. The third-order valence-electron chi connectivity index (χ3n) is 5.50. The van der Waals surface area contributed by atoms with E-state index in [1.54, 1.807) is 24.0 Å². The number of amides is 3. The molecule has 1 aliphatic rings. The zero-order valence-electron chi connectivity index (χ0n) is 18.5. The zero-order chi connectivity index (χ0) is 24.2. The quantitative estimate of drug-likeness (QED) is 0.667. The molecular weight excluding hydrogens is 466 g/mol. The van der Waals surface area contributed by atoms with Crippen LogP contribution in [0.4, 0.5) is 0 Å². The van der Waals surface area contributed by atoms with Crippen LogP contribution in [0.2, 0.25) is 5.02 Å². The summed E-state index contributed by atoms with van der Waals surface area (Å²) in [6, 6.07) is 12.0. The Morgan fingerprint density at radius 1 is 0.939 bits per heavy atom. The summed E-state index contributed by atoms with van der Waals surface area (Å²) in [4.78, 5) is 41.1. The van der Waals surface area contributed by atoms with E-state index in [9.17, 15) is 22.8 Å². The lowest BCUT2D eigenvalue weighted by molar-refractivity contribution is -0.139. The molecule has 0 aromatic heterocycles. The Morgan fingerprint density at radius 2 is 1.48 bits per heavy atom. The van der Waals surface area contributed by atoms with Crippen molar-refractivity contribution < 1.29 is 22.8 Å². The lowest BCUT2D eigenvalue weighted by atomic mass is 10.2. The molecule has 33 heavy (non-hydrogen) atoms. The molecule has 1 N–H and O–H groups in total. The van der Waals surface area contributed by atoms with Crippen molar-refractivity contribution in [3.05, 3.63) is 64.7 Å². The van der Waals surface area contributed by atoms with Gasteiger partial charge in [-0.2, -0.15) is 0 Å². The van der Waals surface area contributed by atoms with Crippen molar-refractivity contribution in [3.8, 4) is 0 Å². The first-order valence-corrected chi connectivity index (χ1v) is 12.5.